The normalized spacial score (nSPS) is 10.5. The molecule has 0 aliphatic rings. The number of nitrogens with zero attached hydrogens (tertiary/aromatic N) is 2. The molecule has 0 atom stereocenters. The summed E-state index contributed by atoms with van der Waals surface area (Å²) in [5, 5.41) is 0.973. The van der Waals surface area contributed by atoms with E-state index in [1.807, 2.05) is 30.3 Å². The second-order valence-corrected chi connectivity index (χ2v) is 4.72. The van der Waals surface area contributed by atoms with Gasteiger partial charge in [-0.2, -0.15) is 0 Å². The molecule has 0 bridgehead atoms. The Morgan fingerprint density at radius 3 is 2.48 bits per heavy atom. The highest BCUT2D eigenvalue weighted by atomic mass is 14.9. The lowest BCUT2D eigenvalue weighted by atomic mass is 10.0. The van der Waals surface area contributed by atoms with E-state index < -0.39 is 0 Å². The van der Waals surface area contributed by atoms with Crippen molar-refractivity contribution in [1.82, 2.24) is 4.98 Å². The number of pyridine rings is 1. The van der Waals surface area contributed by atoms with Gasteiger partial charge in [0, 0.05) is 10.9 Å². The fourth-order valence-corrected chi connectivity index (χ4v) is 2.48. The van der Waals surface area contributed by atoms with Gasteiger partial charge in [-0.15, -0.1) is 0 Å². The standard InChI is InChI=1S/C18H15N3/c1-3-14-15-10-9-13(12-7-5-4-6-8-12)11-16(15)21-18(19)17(14)20-2/h3-11H,1-2H2,(H2,19,21). The van der Waals surface area contributed by atoms with E-state index in [0.717, 1.165) is 27.6 Å². The minimum absolute atomic E-state index is 0.373. The van der Waals surface area contributed by atoms with Crippen LogP contribution in [0.2, 0.25) is 0 Å². The van der Waals surface area contributed by atoms with Crippen LogP contribution in [0.1, 0.15) is 5.56 Å². The zero-order valence-electron chi connectivity index (χ0n) is 11.6. The third-order valence-corrected chi connectivity index (χ3v) is 3.50. The van der Waals surface area contributed by atoms with Crippen LogP contribution >= 0.6 is 0 Å². The summed E-state index contributed by atoms with van der Waals surface area (Å²) in [6.07, 6.45) is 1.74. The largest absolute Gasteiger partial charge is 0.382 e. The Bertz CT molecular complexity index is 836. The summed E-state index contributed by atoms with van der Waals surface area (Å²) >= 11 is 0. The molecule has 0 spiro atoms. The summed E-state index contributed by atoms with van der Waals surface area (Å²) in [5.41, 5.74) is 10.5. The van der Waals surface area contributed by atoms with E-state index in [-0.39, 0.29) is 0 Å². The Labute approximate surface area is 123 Å². The summed E-state index contributed by atoms with van der Waals surface area (Å²) < 4.78 is 0. The van der Waals surface area contributed by atoms with Gasteiger partial charge in [0.15, 0.2) is 5.82 Å². The van der Waals surface area contributed by atoms with Crippen LogP contribution in [0.5, 0.6) is 0 Å². The smallest absolute Gasteiger partial charge is 0.150 e. The van der Waals surface area contributed by atoms with Gasteiger partial charge in [-0.3, -0.25) is 4.99 Å². The fraction of sp³-hybridized carbons (Fsp3) is 0. The summed E-state index contributed by atoms with van der Waals surface area (Å²) in [6, 6.07) is 16.3. The topological polar surface area (TPSA) is 51.3 Å². The van der Waals surface area contributed by atoms with E-state index in [1.54, 1.807) is 6.08 Å². The zero-order valence-corrected chi connectivity index (χ0v) is 11.6. The van der Waals surface area contributed by atoms with Crippen LogP contribution in [0, 0.1) is 0 Å². The average Bonchev–Trinajstić information content (AvgIpc) is 2.53. The van der Waals surface area contributed by atoms with Crippen LogP contribution in [-0.4, -0.2) is 11.7 Å². The lowest BCUT2D eigenvalue weighted by Crippen LogP contribution is -1.95. The minimum Gasteiger partial charge on any atom is -0.382 e. The number of nitrogens with two attached hydrogens (primary N) is 1. The molecule has 0 saturated carbocycles. The van der Waals surface area contributed by atoms with Crippen molar-refractivity contribution in [2.75, 3.05) is 5.73 Å². The van der Waals surface area contributed by atoms with Crippen molar-refractivity contribution in [1.29, 1.82) is 0 Å². The zero-order chi connectivity index (χ0) is 14.8. The average molecular weight is 273 g/mol. The van der Waals surface area contributed by atoms with Crippen LogP contribution < -0.4 is 5.73 Å². The van der Waals surface area contributed by atoms with E-state index in [4.69, 9.17) is 5.73 Å². The van der Waals surface area contributed by atoms with Crippen molar-refractivity contribution < 1.29 is 0 Å². The van der Waals surface area contributed by atoms with Crippen LogP contribution in [0.25, 0.3) is 28.1 Å². The van der Waals surface area contributed by atoms with Gasteiger partial charge in [0.2, 0.25) is 0 Å². The van der Waals surface area contributed by atoms with Crippen LogP contribution in [0.15, 0.2) is 60.1 Å². The quantitative estimate of drug-likeness (QED) is 0.716. The number of aromatic nitrogens is 1. The number of hydrogen-bond donors (Lipinski definition) is 1. The van der Waals surface area contributed by atoms with Crippen LogP contribution in [0.4, 0.5) is 11.5 Å². The Morgan fingerprint density at radius 1 is 1.05 bits per heavy atom. The molecule has 0 saturated heterocycles. The molecule has 2 aromatic carbocycles. The van der Waals surface area contributed by atoms with Crippen LogP contribution in [0.3, 0.4) is 0 Å². The highest BCUT2D eigenvalue weighted by Gasteiger charge is 2.10. The number of fused-ring (bicyclic) bond motifs is 1. The molecule has 0 aliphatic carbocycles. The van der Waals surface area contributed by atoms with Gasteiger partial charge in [-0.1, -0.05) is 55.1 Å². The van der Waals surface area contributed by atoms with Crippen molar-refractivity contribution in [2.24, 2.45) is 4.99 Å². The number of aliphatic imine (C=N–C) groups is 1. The highest BCUT2D eigenvalue weighted by Crippen LogP contribution is 2.34. The summed E-state index contributed by atoms with van der Waals surface area (Å²) in [4.78, 5) is 8.40. The first-order chi connectivity index (χ1) is 10.2. The number of benzene rings is 2. The van der Waals surface area contributed by atoms with Crippen molar-refractivity contribution in [3.05, 3.63) is 60.7 Å². The molecule has 3 heteroatoms. The van der Waals surface area contributed by atoms with E-state index in [0.29, 0.717) is 11.5 Å². The van der Waals surface area contributed by atoms with Gasteiger partial charge < -0.3 is 5.73 Å². The molecule has 0 unspecified atom stereocenters. The number of hydrogen-bond acceptors (Lipinski definition) is 3. The molecular formula is C18H15N3. The van der Waals surface area contributed by atoms with E-state index in [1.165, 1.54) is 0 Å². The highest BCUT2D eigenvalue weighted by molar-refractivity contribution is 5.97. The number of rotatable bonds is 3. The predicted octanol–water partition coefficient (Wildman–Crippen LogP) is 4.46. The van der Waals surface area contributed by atoms with E-state index in [9.17, 15) is 0 Å². The lowest BCUT2D eigenvalue weighted by molar-refractivity contribution is 1.38. The van der Waals surface area contributed by atoms with Gasteiger partial charge in [0.25, 0.3) is 0 Å². The third kappa shape index (κ3) is 2.19. The Hall–Kier alpha value is -2.94. The summed E-state index contributed by atoms with van der Waals surface area (Å²) in [7, 11) is 0. The molecule has 1 aromatic heterocycles. The minimum atomic E-state index is 0.373. The Kier molecular flexibility index (Phi) is 3.24. The molecule has 102 valence electrons. The van der Waals surface area contributed by atoms with Gasteiger partial charge >= 0.3 is 0 Å². The molecule has 3 nitrogen and oxygen atoms in total. The molecule has 0 radical (unpaired) electrons. The molecule has 3 aromatic rings. The fourth-order valence-electron chi connectivity index (χ4n) is 2.48. The Balaban J connectivity index is 2.29. The first kappa shape index (κ1) is 13.1. The molecule has 3 rings (SSSR count). The van der Waals surface area contributed by atoms with Gasteiger partial charge in [0.1, 0.15) is 5.69 Å². The van der Waals surface area contributed by atoms with Gasteiger partial charge in [-0.25, -0.2) is 4.98 Å². The van der Waals surface area contributed by atoms with Crippen LogP contribution in [-0.2, 0) is 0 Å². The molecule has 0 amide bonds. The second kappa shape index (κ2) is 5.21. The first-order valence-corrected chi connectivity index (χ1v) is 6.62. The van der Waals surface area contributed by atoms with Crippen molar-refractivity contribution in [2.45, 2.75) is 0 Å². The maximum Gasteiger partial charge on any atom is 0.150 e. The first-order valence-electron chi connectivity index (χ1n) is 6.62. The molecule has 0 aliphatic heterocycles. The molecule has 2 N–H and O–H groups in total. The summed E-state index contributed by atoms with van der Waals surface area (Å²) in [6.45, 7) is 7.39. The molecule has 21 heavy (non-hydrogen) atoms. The Morgan fingerprint density at radius 2 is 1.81 bits per heavy atom. The van der Waals surface area contributed by atoms with Crippen molar-refractivity contribution in [3.63, 3.8) is 0 Å². The monoisotopic (exact) mass is 273 g/mol. The van der Waals surface area contributed by atoms with E-state index >= 15 is 0 Å². The molecular weight excluding hydrogens is 258 g/mol. The second-order valence-electron chi connectivity index (χ2n) is 4.72. The number of nitrogen functional groups attached to an aromatic ring is 1. The van der Waals surface area contributed by atoms with Crippen molar-refractivity contribution >= 4 is 35.2 Å². The lowest BCUT2D eigenvalue weighted by Gasteiger charge is -2.10. The number of anilines is 1. The van der Waals surface area contributed by atoms with Gasteiger partial charge in [0.05, 0.1) is 5.52 Å². The molecule has 1 heterocycles. The maximum atomic E-state index is 5.97. The van der Waals surface area contributed by atoms with Crippen molar-refractivity contribution in [3.8, 4) is 11.1 Å². The molecule has 0 fully saturated rings. The maximum absolute atomic E-state index is 5.97. The SMILES string of the molecule is C=Cc1c(N=C)c(N)nc2cc(-c3ccccc3)ccc12. The van der Waals surface area contributed by atoms with Gasteiger partial charge in [-0.05, 0) is 23.9 Å². The van der Waals surface area contributed by atoms with E-state index in [2.05, 4.69) is 41.5 Å². The predicted molar refractivity (Wildman–Crippen MR) is 90.9 cm³/mol. The third-order valence-electron chi connectivity index (χ3n) is 3.50. The summed E-state index contributed by atoms with van der Waals surface area (Å²) in [5.74, 6) is 0.373.